The van der Waals surface area contributed by atoms with Gasteiger partial charge >= 0.3 is 0 Å². The van der Waals surface area contributed by atoms with Gasteiger partial charge in [-0.15, -0.1) is 0 Å². The Kier molecular flexibility index (Phi) is 6.83. The van der Waals surface area contributed by atoms with Gasteiger partial charge in [-0.2, -0.15) is 15.0 Å². The lowest BCUT2D eigenvalue weighted by Crippen LogP contribution is -2.33. The molecule has 1 aliphatic rings. The van der Waals surface area contributed by atoms with Crippen LogP contribution in [0.25, 0.3) is 0 Å². The number of sulfonamides is 1. The largest absolute Gasteiger partial charge is 0.347 e. The fourth-order valence-corrected chi connectivity index (χ4v) is 4.05. The van der Waals surface area contributed by atoms with Crippen LogP contribution in [0.3, 0.4) is 0 Å². The molecule has 2 heterocycles. The van der Waals surface area contributed by atoms with Crippen molar-refractivity contribution in [1.82, 2.24) is 19.7 Å². The lowest BCUT2D eigenvalue weighted by molar-refractivity contribution is -0.114. The lowest BCUT2D eigenvalue weighted by atomic mass is 10.1. The standard InChI is InChI=1S/C19H27N7O3S/c1-14(27)21-15-7-9-16(10-8-15)30(28,29)20-13-17-22-18(25(2)3)24-19(23-17)26-11-5-4-6-12-26/h7-10,20H,4-6,11-13H2,1-3H3,(H,21,27). The first-order valence-electron chi connectivity index (χ1n) is 9.79. The summed E-state index contributed by atoms with van der Waals surface area (Å²) >= 11 is 0. The Hall–Kier alpha value is -2.79. The maximum absolute atomic E-state index is 12.7. The normalized spacial score (nSPS) is 14.4. The summed E-state index contributed by atoms with van der Waals surface area (Å²) in [6.45, 7) is 3.09. The molecule has 0 saturated carbocycles. The summed E-state index contributed by atoms with van der Waals surface area (Å²) in [5.74, 6) is 1.19. The number of nitrogens with one attached hydrogen (secondary N) is 2. The van der Waals surface area contributed by atoms with Crippen molar-refractivity contribution in [3.8, 4) is 0 Å². The highest BCUT2D eigenvalue weighted by Crippen LogP contribution is 2.19. The van der Waals surface area contributed by atoms with Crippen LogP contribution in [0.15, 0.2) is 29.2 Å². The highest BCUT2D eigenvalue weighted by molar-refractivity contribution is 7.89. The molecule has 2 aromatic rings. The minimum atomic E-state index is -3.76. The summed E-state index contributed by atoms with van der Waals surface area (Å²) < 4.78 is 27.9. The molecule has 2 N–H and O–H groups in total. The summed E-state index contributed by atoms with van der Waals surface area (Å²) in [6.07, 6.45) is 3.36. The Balaban J connectivity index is 1.76. The van der Waals surface area contributed by atoms with Gasteiger partial charge in [-0.3, -0.25) is 4.79 Å². The predicted octanol–water partition coefficient (Wildman–Crippen LogP) is 1.36. The number of aromatic nitrogens is 3. The fraction of sp³-hybridized carbons (Fsp3) is 0.474. The maximum Gasteiger partial charge on any atom is 0.240 e. The topological polar surface area (TPSA) is 120 Å². The fourth-order valence-electron chi connectivity index (χ4n) is 3.07. The van der Waals surface area contributed by atoms with E-state index in [1.807, 2.05) is 14.1 Å². The zero-order valence-electron chi connectivity index (χ0n) is 17.4. The van der Waals surface area contributed by atoms with Crippen LogP contribution in [0.4, 0.5) is 17.6 Å². The number of hydrogen-bond acceptors (Lipinski definition) is 8. The number of nitrogens with zero attached hydrogens (tertiary/aromatic N) is 5. The Morgan fingerprint density at radius 2 is 1.73 bits per heavy atom. The van der Waals surface area contributed by atoms with Gasteiger partial charge in [0.05, 0.1) is 11.4 Å². The van der Waals surface area contributed by atoms with Crippen LogP contribution in [0.2, 0.25) is 0 Å². The van der Waals surface area contributed by atoms with Crippen molar-refractivity contribution < 1.29 is 13.2 Å². The summed E-state index contributed by atoms with van der Waals surface area (Å²) in [5, 5.41) is 2.61. The molecule has 1 aromatic heterocycles. The number of hydrogen-bond donors (Lipinski definition) is 2. The van der Waals surface area contributed by atoms with Crippen molar-refractivity contribution in [2.45, 2.75) is 37.6 Å². The van der Waals surface area contributed by atoms with Gasteiger partial charge in [0.2, 0.25) is 27.8 Å². The third kappa shape index (κ3) is 5.63. The molecule has 162 valence electrons. The van der Waals surface area contributed by atoms with Crippen LogP contribution >= 0.6 is 0 Å². The summed E-state index contributed by atoms with van der Waals surface area (Å²) in [6, 6.07) is 5.95. The third-order valence-corrected chi connectivity index (χ3v) is 6.02. The molecular formula is C19H27N7O3S. The molecule has 1 aliphatic heterocycles. The number of piperidine rings is 1. The minimum absolute atomic E-state index is 0.0556. The van der Waals surface area contributed by atoms with E-state index in [2.05, 4.69) is 29.9 Å². The van der Waals surface area contributed by atoms with E-state index in [0.29, 0.717) is 23.4 Å². The number of anilines is 3. The van der Waals surface area contributed by atoms with Crippen LogP contribution in [-0.2, 0) is 21.4 Å². The molecule has 1 saturated heterocycles. The van der Waals surface area contributed by atoms with E-state index in [1.165, 1.54) is 37.6 Å². The molecule has 11 heteroatoms. The quantitative estimate of drug-likeness (QED) is 0.672. The highest BCUT2D eigenvalue weighted by atomic mass is 32.2. The second kappa shape index (κ2) is 9.35. The van der Waals surface area contributed by atoms with E-state index < -0.39 is 10.0 Å². The van der Waals surface area contributed by atoms with Crippen molar-refractivity contribution in [3.05, 3.63) is 30.1 Å². The van der Waals surface area contributed by atoms with Crippen molar-refractivity contribution in [1.29, 1.82) is 0 Å². The highest BCUT2D eigenvalue weighted by Gasteiger charge is 2.19. The summed E-state index contributed by atoms with van der Waals surface area (Å²) in [7, 11) is -0.0984. The summed E-state index contributed by atoms with van der Waals surface area (Å²) in [4.78, 5) is 28.4. The summed E-state index contributed by atoms with van der Waals surface area (Å²) in [5.41, 5.74) is 0.528. The monoisotopic (exact) mass is 433 g/mol. The Morgan fingerprint density at radius 1 is 1.07 bits per heavy atom. The molecule has 1 aromatic carbocycles. The first-order chi connectivity index (χ1) is 14.2. The van der Waals surface area contributed by atoms with E-state index in [1.54, 1.807) is 4.90 Å². The predicted molar refractivity (Wildman–Crippen MR) is 115 cm³/mol. The Morgan fingerprint density at radius 3 is 2.33 bits per heavy atom. The number of benzene rings is 1. The van der Waals surface area contributed by atoms with Crippen LogP contribution in [-0.4, -0.2) is 56.5 Å². The van der Waals surface area contributed by atoms with Crippen LogP contribution < -0.4 is 19.8 Å². The van der Waals surface area contributed by atoms with Crippen LogP contribution in [0, 0.1) is 0 Å². The molecule has 0 unspecified atom stereocenters. The molecule has 1 amide bonds. The number of carbonyl (C=O) groups is 1. The molecule has 3 rings (SSSR count). The van der Waals surface area contributed by atoms with Crippen LogP contribution in [0.1, 0.15) is 32.0 Å². The Labute approximate surface area is 176 Å². The van der Waals surface area contributed by atoms with Crippen molar-refractivity contribution >= 4 is 33.5 Å². The molecule has 0 aliphatic carbocycles. The zero-order chi connectivity index (χ0) is 21.7. The van der Waals surface area contributed by atoms with Crippen LogP contribution in [0.5, 0.6) is 0 Å². The lowest BCUT2D eigenvalue weighted by Gasteiger charge is -2.27. The van der Waals surface area contributed by atoms with Gasteiger partial charge in [0.25, 0.3) is 0 Å². The molecular weight excluding hydrogens is 406 g/mol. The molecule has 0 spiro atoms. The first kappa shape index (κ1) is 21.9. The second-order valence-corrected chi connectivity index (χ2v) is 9.09. The van der Waals surface area contributed by atoms with Crippen molar-refractivity contribution in [3.63, 3.8) is 0 Å². The second-order valence-electron chi connectivity index (χ2n) is 7.32. The molecule has 0 atom stereocenters. The van der Waals surface area contributed by atoms with Gasteiger partial charge in [-0.25, -0.2) is 13.1 Å². The smallest absolute Gasteiger partial charge is 0.240 e. The van der Waals surface area contributed by atoms with Gasteiger partial charge in [-0.05, 0) is 43.5 Å². The molecule has 0 radical (unpaired) electrons. The number of rotatable bonds is 7. The van der Waals surface area contributed by atoms with Gasteiger partial charge in [0.15, 0.2) is 5.82 Å². The SMILES string of the molecule is CC(=O)Nc1ccc(S(=O)(=O)NCc2nc(N(C)C)nc(N3CCCCC3)n2)cc1. The maximum atomic E-state index is 12.7. The Bertz CT molecular complexity index is 988. The first-order valence-corrected chi connectivity index (χ1v) is 11.3. The molecule has 10 nitrogen and oxygen atoms in total. The molecule has 0 bridgehead atoms. The number of amides is 1. The van der Waals surface area contributed by atoms with Gasteiger partial charge < -0.3 is 15.1 Å². The van der Waals surface area contributed by atoms with E-state index in [9.17, 15) is 13.2 Å². The van der Waals surface area contributed by atoms with Gasteiger partial charge in [-0.1, -0.05) is 0 Å². The van der Waals surface area contributed by atoms with E-state index in [0.717, 1.165) is 25.9 Å². The van der Waals surface area contributed by atoms with E-state index in [-0.39, 0.29) is 17.3 Å². The van der Waals surface area contributed by atoms with E-state index >= 15 is 0 Å². The van der Waals surface area contributed by atoms with E-state index in [4.69, 9.17) is 0 Å². The average molecular weight is 434 g/mol. The zero-order valence-corrected chi connectivity index (χ0v) is 18.2. The number of carbonyl (C=O) groups excluding carboxylic acids is 1. The van der Waals surface area contributed by atoms with Gasteiger partial charge in [0, 0.05) is 39.8 Å². The third-order valence-electron chi connectivity index (χ3n) is 4.60. The average Bonchev–Trinajstić information content (AvgIpc) is 2.73. The van der Waals surface area contributed by atoms with Crippen molar-refractivity contribution in [2.75, 3.05) is 42.3 Å². The molecule has 1 fully saturated rings. The van der Waals surface area contributed by atoms with Crippen molar-refractivity contribution in [2.24, 2.45) is 0 Å². The van der Waals surface area contributed by atoms with Gasteiger partial charge in [0.1, 0.15) is 0 Å². The molecule has 30 heavy (non-hydrogen) atoms. The minimum Gasteiger partial charge on any atom is -0.347 e.